The number of hydrogen-bond donors (Lipinski definition) is 2. The molecule has 1 unspecified atom stereocenters. The average Bonchev–Trinajstić information content (AvgIpc) is 3.23. The molecule has 0 fully saturated rings. The van der Waals surface area contributed by atoms with Crippen molar-refractivity contribution < 1.29 is 14.5 Å². The second-order valence-corrected chi connectivity index (χ2v) is 7.10. The van der Waals surface area contributed by atoms with Crippen LogP contribution in [0.2, 0.25) is 0 Å². The van der Waals surface area contributed by atoms with Crippen molar-refractivity contribution in [1.29, 1.82) is 0 Å². The Morgan fingerprint density at radius 2 is 1.71 bits per heavy atom. The first-order valence-corrected chi connectivity index (χ1v) is 9.87. The first-order valence-electron chi connectivity index (χ1n) is 9.87. The molecular weight excluding hydrogens is 394 g/mol. The van der Waals surface area contributed by atoms with Crippen molar-refractivity contribution in [2.45, 2.75) is 5.92 Å². The predicted molar refractivity (Wildman–Crippen MR) is 118 cm³/mol. The summed E-state index contributed by atoms with van der Waals surface area (Å²) in [5, 5.41) is 14.8. The maximum absolute atomic E-state index is 12.4. The minimum Gasteiger partial charge on any atom is -0.484 e. The van der Waals surface area contributed by atoms with Gasteiger partial charge in [-0.25, -0.2) is 0 Å². The Kier molecular flexibility index (Phi) is 5.93. The van der Waals surface area contributed by atoms with E-state index in [1.807, 2.05) is 54.7 Å². The Morgan fingerprint density at radius 3 is 2.45 bits per heavy atom. The fourth-order valence-corrected chi connectivity index (χ4v) is 3.55. The Labute approximate surface area is 178 Å². The molecule has 4 aromatic rings. The molecule has 0 spiro atoms. The van der Waals surface area contributed by atoms with Crippen LogP contribution in [0.25, 0.3) is 10.9 Å². The lowest BCUT2D eigenvalue weighted by Gasteiger charge is -2.18. The number of amides is 1. The molecule has 156 valence electrons. The van der Waals surface area contributed by atoms with Gasteiger partial charge in [-0.15, -0.1) is 0 Å². The minimum atomic E-state index is -0.481. The third kappa shape index (κ3) is 4.72. The molecule has 4 rings (SSSR count). The molecule has 1 atom stereocenters. The molecular formula is C24H21N3O4. The van der Waals surface area contributed by atoms with Crippen molar-refractivity contribution in [3.05, 3.63) is 106 Å². The van der Waals surface area contributed by atoms with Crippen LogP contribution in [0.4, 0.5) is 5.69 Å². The van der Waals surface area contributed by atoms with Crippen molar-refractivity contribution in [3.63, 3.8) is 0 Å². The number of aromatic nitrogens is 1. The summed E-state index contributed by atoms with van der Waals surface area (Å²) in [5.74, 6) is 0.108. The first kappa shape index (κ1) is 20.2. The highest BCUT2D eigenvalue weighted by Gasteiger charge is 2.19. The molecule has 7 nitrogen and oxygen atoms in total. The van der Waals surface area contributed by atoms with E-state index < -0.39 is 4.92 Å². The van der Waals surface area contributed by atoms with Gasteiger partial charge in [0.05, 0.1) is 4.92 Å². The number of nitro groups is 1. The van der Waals surface area contributed by atoms with E-state index in [2.05, 4.69) is 16.4 Å². The van der Waals surface area contributed by atoms with Crippen molar-refractivity contribution in [3.8, 4) is 5.75 Å². The van der Waals surface area contributed by atoms with E-state index in [-0.39, 0.29) is 24.1 Å². The second-order valence-electron chi connectivity index (χ2n) is 7.10. The van der Waals surface area contributed by atoms with Crippen LogP contribution in [0.1, 0.15) is 17.0 Å². The maximum atomic E-state index is 12.4. The molecule has 2 N–H and O–H groups in total. The Morgan fingerprint density at radius 1 is 1.00 bits per heavy atom. The summed E-state index contributed by atoms with van der Waals surface area (Å²) in [6.07, 6.45) is 1.99. The van der Waals surface area contributed by atoms with Gasteiger partial charge in [-0.3, -0.25) is 14.9 Å². The molecule has 0 saturated carbocycles. The van der Waals surface area contributed by atoms with Crippen LogP contribution in [0.5, 0.6) is 5.75 Å². The average molecular weight is 415 g/mol. The van der Waals surface area contributed by atoms with Gasteiger partial charge in [0.1, 0.15) is 5.75 Å². The number of ether oxygens (including phenoxy) is 1. The number of H-pyrrole nitrogens is 1. The van der Waals surface area contributed by atoms with Gasteiger partial charge in [-0.1, -0.05) is 48.5 Å². The largest absolute Gasteiger partial charge is 0.484 e. The van der Waals surface area contributed by atoms with Gasteiger partial charge in [0.15, 0.2) is 6.61 Å². The maximum Gasteiger partial charge on any atom is 0.269 e. The molecule has 7 heteroatoms. The zero-order valence-corrected chi connectivity index (χ0v) is 16.7. The van der Waals surface area contributed by atoms with E-state index in [0.717, 1.165) is 22.0 Å². The van der Waals surface area contributed by atoms with Crippen LogP contribution in [-0.4, -0.2) is 29.0 Å². The van der Waals surface area contributed by atoms with Crippen LogP contribution >= 0.6 is 0 Å². The number of rotatable bonds is 8. The van der Waals surface area contributed by atoms with Crippen molar-refractivity contribution >= 4 is 22.5 Å². The lowest BCUT2D eigenvalue weighted by atomic mass is 9.91. The molecule has 31 heavy (non-hydrogen) atoms. The number of para-hydroxylation sites is 1. The number of nitrogens with zero attached hydrogens (tertiary/aromatic N) is 1. The van der Waals surface area contributed by atoms with E-state index in [1.165, 1.54) is 24.3 Å². The number of nitro benzene ring substituents is 1. The van der Waals surface area contributed by atoms with Gasteiger partial charge in [-0.05, 0) is 29.3 Å². The fourth-order valence-electron chi connectivity index (χ4n) is 3.55. The normalized spacial score (nSPS) is 11.7. The lowest BCUT2D eigenvalue weighted by Crippen LogP contribution is -2.32. The highest BCUT2D eigenvalue weighted by Crippen LogP contribution is 2.30. The molecule has 0 aliphatic rings. The van der Waals surface area contributed by atoms with Crippen LogP contribution < -0.4 is 10.1 Å². The summed E-state index contributed by atoms with van der Waals surface area (Å²) in [4.78, 5) is 25.9. The molecule has 1 aromatic heterocycles. The number of non-ortho nitro benzene ring substituents is 1. The molecule has 1 heterocycles. The highest BCUT2D eigenvalue weighted by molar-refractivity contribution is 5.84. The number of benzene rings is 3. The first-order chi connectivity index (χ1) is 15.1. The molecule has 0 radical (unpaired) electrons. The highest BCUT2D eigenvalue weighted by atomic mass is 16.6. The Balaban J connectivity index is 1.44. The van der Waals surface area contributed by atoms with Gasteiger partial charge in [-0.2, -0.15) is 0 Å². The van der Waals surface area contributed by atoms with Gasteiger partial charge in [0.25, 0.3) is 11.6 Å². The van der Waals surface area contributed by atoms with Crippen LogP contribution in [0.15, 0.2) is 85.1 Å². The zero-order chi connectivity index (χ0) is 21.6. The SMILES string of the molecule is O=C(COc1ccc([N+](=O)[O-])cc1)NCC(c1ccccc1)c1c[nH]c2ccccc12. The van der Waals surface area contributed by atoms with Crippen molar-refractivity contribution in [1.82, 2.24) is 10.3 Å². The smallest absolute Gasteiger partial charge is 0.269 e. The van der Waals surface area contributed by atoms with Gasteiger partial charge < -0.3 is 15.0 Å². The quantitative estimate of drug-likeness (QED) is 0.329. The monoisotopic (exact) mass is 415 g/mol. The molecule has 0 saturated heterocycles. The summed E-state index contributed by atoms with van der Waals surface area (Å²) in [6, 6.07) is 23.7. The van der Waals surface area contributed by atoms with E-state index in [0.29, 0.717) is 12.3 Å². The number of aromatic amines is 1. The lowest BCUT2D eigenvalue weighted by molar-refractivity contribution is -0.384. The molecule has 0 aliphatic carbocycles. The summed E-state index contributed by atoms with van der Waals surface area (Å²) in [6.45, 7) is 0.238. The van der Waals surface area contributed by atoms with Gasteiger partial charge in [0.2, 0.25) is 0 Å². The second kappa shape index (κ2) is 9.13. The van der Waals surface area contributed by atoms with Crippen LogP contribution in [-0.2, 0) is 4.79 Å². The van der Waals surface area contributed by atoms with Crippen molar-refractivity contribution in [2.24, 2.45) is 0 Å². The zero-order valence-electron chi connectivity index (χ0n) is 16.7. The van der Waals surface area contributed by atoms with E-state index >= 15 is 0 Å². The van der Waals surface area contributed by atoms with Crippen molar-refractivity contribution in [2.75, 3.05) is 13.2 Å². The number of hydrogen-bond acceptors (Lipinski definition) is 4. The minimum absolute atomic E-state index is 0.0266. The van der Waals surface area contributed by atoms with E-state index in [1.54, 1.807) is 0 Å². The van der Waals surface area contributed by atoms with Crippen LogP contribution in [0.3, 0.4) is 0 Å². The van der Waals surface area contributed by atoms with Gasteiger partial charge >= 0.3 is 0 Å². The summed E-state index contributed by atoms with van der Waals surface area (Å²) in [5.41, 5.74) is 3.23. The number of carbonyl (C=O) groups is 1. The molecule has 0 aliphatic heterocycles. The van der Waals surface area contributed by atoms with Crippen LogP contribution in [0, 0.1) is 10.1 Å². The van der Waals surface area contributed by atoms with Gasteiger partial charge in [0, 0.05) is 41.7 Å². The standard InChI is InChI=1S/C24H21N3O4/c28-24(16-31-19-12-10-18(11-13-19)27(29)30)26-14-21(17-6-2-1-3-7-17)22-15-25-23-9-5-4-8-20(22)23/h1-13,15,21,25H,14,16H2,(H,26,28). The molecule has 0 bridgehead atoms. The van der Waals surface area contributed by atoms with E-state index in [4.69, 9.17) is 4.74 Å². The third-order valence-corrected chi connectivity index (χ3v) is 5.12. The Bertz CT molecular complexity index is 1190. The fraction of sp³-hybridized carbons (Fsp3) is 0.125. The molecule has 3 aromatic carbocycles. The van der Waals surface area contributed by atoms with E-state index in [9.17, 15) is 14.9 Å². The number of nitrogens with one attached hydrogen (secondary N) is 2. The summed E-state index contributed by atoms with van der Waals surface area (Å²) >= 11 is 0. The topological polar surface area (TPSA) is 97.3 Å². The Hall–Kier alpha value is -4.13. The number of fused-ring (bicyclic) bond motifs is 1. The predicted octanol–water partition coefficient (Wildman–Crippen LogP) is 4.40. The number of carbonyl (C=O) groups excluding carboxylic acids is 1. The summed E-state index contributed by atoms with van der Waals surface area (Å²) in [7, 11) is 0. The summed E-state index contributed by atoms with van der Waals surface area (Å²) < 4.78 is 5.46. The third-order valence-electron chi connectivity index (χ3n) is 5.12. The molecule has 1 amide bonds.